The molecule has 3 fully saturated rings. The molecule has 0 bridgehead atoms. The molecule has 160 valence electrons. The van der Waals surface area contributed by atoms with Gasteiger partial charge in [0.25, 0.3) is 0 Å². The Hall–Kier alpha value is -1.70. The van der Waals surface area contributed by atoms with Crippen molar-refractivity contribution in [3.63, 3.8) is 0 Å². The average molecular weight is 406 g/mol. The fourth-order valence-corrected chi connectivity index (χ4v) is 6.14. The second kappa shape index (κ2) is 6.93. The van der Waals surface area contributed by atoms with Gasteiger partial charge in [-0.3, -0.25) is 9.59 Å². The van der Waals surface area contributed by atoms with Gasteiger partial charge >= 0.3 is 5.97 Å². The molecule has 4 rings (SSSR count). The van der Waals surface area contributed by atoms with Crippen LogP contribution in [-0.2, 0) is 25.5 Å². The molecule has 3 aliphatic rings. The van der Waals surface area contributed by atoms with Crippen LogP contribution in [0, 0.1) is 22.7 Å². The summed E-state index contributed by atoms with van der Waals surface area (Å²) in [6, 6.07) is 1.81. The SMILES string of the molecule is CC(=O)OCC12C(=O)CC(C)C(C)(C(O)Cc3ccoc3)C1C(O)CCC21CO1. The van der Waals surface area contributed by atoms with Gasteiger partial charge < -0.3 is 24.1 Å². The molecular weight excluding hydrogens is 376 g/mol. The first-order valence-corrected chi connectivity index (χ1v) is 10.4. The van der Waals surface area contributed by atoms with Crippen LogP contribution in [0.5, 0.6) is 0 Å². The van der Waals surface area contributed by atoms with Crippen molar-refractivity contribution in [2.45, 2.75) is 64.3 Å². The maximum Gasteiger partial charge on any atom is 0.302 e. The maximum absolute atomic E-state index is 13.5. The van der Waals surface area contributed by atoms with E-state index in [9.17, 15) is 19.8 Å². The minimum absolute atomic E-state index is 0.0412. The molecule has 2 N–H and O–H groups in total. The third kappa shape index (κ3) is 2.89. The Kier molecular flexibility index (Phi) is 4.91. The van der Waals surface area contributed by atoms with Crippen molar-refractivity contribution < 1.29 is 33.7 Å². The van der Waals surface area contributed by atoms with Gasteiger partial charge in [0.1, 0.15) is 23.4 Å². The van der Waals surface area contributed by atoms with Crippen molar-refractivity contribution in [1.29, 1.82) is 0 Å². The second-order valence-electron chi connectivity index (χ2n) is 9.36. The molecule has 7 unspecified atom stereocenters. The largest absolute Gasteiger partial charge is 0.472 e. The van der Waals surface area contributed by atoms with Gasteiger partial charge in [0, 0.05) is 31.1 Å². The van der Waals surface area contributed by atoms with E-state index in [1.807, 2.05) is 13.8 Å². The molecule has 2 heterocycles. The van der Waals surface area contributed by atoms with Crippen molar-refractivity contribution in [3.8, 4) is 0 Å². The standard InChI is InChI=1S/C22H30O7/c1-13-8-18(26)22(12-28-14(2)23)19(16(24)4-6-21(22)11-29-21)20(13,3)17(25)9-15-5-7-27-10-15/h5,7,10,13,16-17,19,24-25H,4,6,8-9,11-12H2,1-3H3. The highest BCUT2D eigenvalue weighted by molar-refractivity contribution is 5.89. The summed E-state index contributed by atoms with van der Waals surface area (Å²) in [5.74, 6) is -1.25. The zero-order chi connectivity index (χ0) is 21.0. The first-order chi connectivity index (χ1) is 13.7. The number of Topliss-reactive ketones (excluding diaryl/α,β-unsaturated/α-hetero) is 1. The lowest BCUT2D eigenvalue weighted by molar-refractivity contribution is -0.219. The Balaban J connectivity index is 1.79. The van der Waals surface area contributed by atoms with Crippen LogP contribution in [0.15, 0.2) is 23.0 Å². The highest BCUT2D eigenvalue weighted by atomic mass is 16.6. The van der Waals surface area contributed by atoms with E-state index in [1.54, 1.807) is 18.6 Å². The molecule has 7 heteroatoms. The highest BCUT2D eigenvalue weighted by Crippen LogP contribution is 2.67. The van der Waals surface area contributed by atoms with Gasteiger partial charge in [-0.25, -0.2) is 0 Å². The molecule has 1 aliphatic heterocycles. The minimum atomic E-state index is -1.14. The lowest BCUT2D eigenvalue weighted by atomic mass is 9.42. The number of fused-ring (bicyclic) bond motifs is 2. The van der Waals surface area contributed by atoms with E-state index in [-0.39, 0.29) is 24.7 Å². The Labute approximate surface area is 170 Å². The number of carbonyl (C=O) groups is 2. The van der Waals surface area contributed by atoms with Crippen LogP contribution in [0.2, 0.25) is 0 Å². The molecule has 1 spiro atoms. The van der Waals surface area contributed by atoms with Crippen LogP contribution >= 0.6 is 0 Å². The number of aliphatic hydroxyl groups is 2. The molecule has 0 radical (unpaired) electrons. The lowest BCUT2D eigenvalue weighted by Crippen LogP contribution is -2.70. The topological polar surface area (TPSA) is 110 Å². The molecule has 1 aromatic heterocycles. The first-order valence-electron chi connectivity index (χ1n) is 10.4. The van der Waals surface area contributed by atoms with Crippen LogP contribution in [0.25, 0.3) is 0 Å². The van der Waals surface area contributed by atoms with E-state index in [1.165, 1.54) is 6.92 Å². The number of rotatable bonds is 5. The van der Waals surface area contributed by atoms with Gasteiger partial charge in [-0.1, -0.05) is 13.8 Å². The first kappa shape index (κ1) is 20.6. The molecule has 29 heavy (non-hydrogen) atoms. The van der Waals surface area contributed by atoms with E-state index in [0.717, 1.165) is 5.56 Å². The number of aliphatic hydroxyl groups excluding tert-OH is 2. The number of hydrogen-bond donors (Lipinski definition) is 2. The van der Waals surface area contributed by atoms with Crippen molar-refractivity contribution in [2.75, 3.05) is 13.2 Å². The predicted octanol–water partition coefficient (Wildman–Crippen LogP) is 1.89. The Morgan fingerprint density at radius 3 is 2.76 bits per heavy atom. The van der Waals surface area contributed by atoms with Gasteiger partial charge in [0.05, 0.1) is 31.3 Å². The number of ketones is 1. The monoisotopic (exact) mass is 406 g/mol. The smallest absolute Gasteiger partial charge is 0.302 e. The fourth-order valence-electron chi connectivity index (χ4n) is 6.14. The Morgan fingerprint density at radius 1 is 1.45 bits per heavy atom. The molecule has 7 nitrogen and oxygen atoms in total. The Morgan fingerprint density at radius 2 is 2.17 bits per heavy atom. The number of epoxide rings is 1. The van der Waals surface area contributed by atoms with Crippen molar-refractivity contribution in [2.24, 2.45) is 22.7 Å². The van der Waals surface area contributed by atoms with Gasteiger partial charge in [-0.15, -0.1) is 0 Å². The van der Waals surface area contributed by atoms with Crippen molar-refractivity contribution in [1.82, 2.24) is 0 Å². The maximum atomic E-state index is 13.5. The highest BCUT2D eigenvalue weighted by Gasteiger charge is 2.77. The summed E-state index contributed by atoms with van der Waals surface area (Å²) in [5, 5.41) is 22.6. The van der Waals surface area contributed by atoms with E-state index in [2.05, 4.69) is 0 Å². The van der Waals surface area contributed by atoms with Gasteiger partial charge in [-0.05, 0) is 30.4 Å². The molecule has 1 saturated heterocycles. The molecule has 7 atom stereocenters. The lowest BCUT2D eigenvalue weighted by Gasteiger charge is -2.61. The van der Waals surface area contributed by atoms with E-state index in [0.29, 0.717) is 25.9 Å². The predicted molar refractivity (Wildman–Crippen MR) is 102 cm³/mol. The fraction of sp³-hybridized carbons (Fsp3) is 0.727. The quantitative estimate of drug-likeness (QED) is 0.568. The summed E-state index contributed by atoms with van der Waals surface area (Å²) >= 11 is 0. The van der Waals surface area contributed by atoms with Gasteiger partial charge in [0.15, 0.2) is 0 Å². The number of esters is 1. The van der Waals surface area contributed by atoms with Crippen LogP contribution in [-0.4, -0.2) is 53.0 Å². The average Bonchev–Trinajstić information content (AvgIpc) is 3.27. The van der Waals surface area contributed by atoms with E-state index in [4.69, 9.17) is 13.9 Å². The van der Waals surface area contributed by atoms with Crippen LogP contribution in [0.4, 0.5) is 0 Å². The number of hydrogen-bond acceptors (Lipinski definition) is 7. The second-order valence-corrected chi connectivity index (χ2v) is 9.36. The summed E-state index contributed by atoms with van der Waals surface area (Å²) in [4.78, 5) is 25.2. The van der Waals surface area contributed by atoms with E-state index >= 15 is 0 Å². The molecule has 1 aromatic rings. The number of ether oxygens (including phenoxy) is 2. The van der Waals surface area contributed by atoms with E-state index < -0.39 is 40.5 Å². The summed E-state index contributed by atoms with van der Waals surface area (Å²) < 4.78 is 16.4. The van der Waals surface area contributed by atoms with Crippen molar-refractivity contribution in [3.05, 3.63) is 24.2 Å². The summed E-state index contributed by atoms with van der Waals surface area (Å²) in [5.41, 5.74) is -1.78. The zero-order valence-corrected chi connectivity index (χ0v) is 17.2. The summed E-state index contributed by atoms with van der Waals surface area (Å²) in [6.45, 7) is 5.50. The normalized spacial score (nSPS) is 42.4. The zero-order valence-electron chi connectivity index (χ0n) is 17.2. The number of furan rings is 1. The molecule has 2 saturated carbocycles. The van der Waals surface area contributed by atoms with Crippen LogP contribution in [0.1, 0.15) is 45.6 Å². The molecular formula is C22H30O7. The minimum Gasteiger partial charge on any atom is -0.472 e. The summed E-state index contributed by atoms with van der Waals surface area (Å²) in [7, 11) is 0. The summed E-state index contributed by atoms with van der Waals surface area (Å²) in [6.07, 6.45) is 3.18. The Bertz CT molecular complexity index is 783. The number of carbonyl (C=O) groups excluding carboxylic acids is 2. The van der Waals surface area contributed by atoms with Crippen LogP contribution in [0.3, 0.4) is 0 Å². The molecule has 0 amide bonds. The van der Waals surface area contributed by atoms with Crippen molar-refractivity contribution >= 4 is 11.8 Å². The van der Waals surface area contributed by atoms with Gasteiger partial charge in [0.2, 0.25) is 0 Å². The van der Waals surface area contributed by atoms with Gasteiger partial charge in [-0.2, -0.15) is 0 Å². The molecule has 0 aromatic carbocycles. The third-order valence-corrected chi connectivity index (χ3v) is 8.02. The third-order valence-electron chi connectivity index (χ3n) is 8.02. The van der Waals surface area contributed by atoms with Crippen LogP contribution < -0.4 is 0 Å². The molecule has 2 aliphatic carbocycles.